The van der Waals surface area contributed by atoms with Crippen LogP contribution in [-0.2, 0) is 4.79 Å². The Morgan fingerprint density at radius 3 is 2.80 bits per heavy atom. The van der Waals surface area contributed by atoms with Crippen LogP contribution < -0.4 is 5.43 Å². The van der Waals surface area contributed by atoms with Gasteiger partial charge in [0.15, 0.2) is 0 Å². The lowest BCUT2D eigenvalue weighted by Crippen LogP contribution is -2.14. The second kappa shape index (κ2) is 2.36. The summed E-state index contributed by atoms with van der Waals surface area (Å²) in [7, 11) is 0. The normalized spacial score (nSPS) is 21.0. The van der Waals surface area contributed by atoms with Gasteiger partial charge in [-0.25, -0.2) is 9.82 Å². The summed E-state index contributed by atoms with van der Waals surface area (Å²) in [5.41, 5.74) is 0.913. The maximum absolute atomic E-state index is 12.6. The number of carbonyl (C=O) groups excluding carboxylic acids is 1. The van der Waals surface area contributed by atoms with E-state index >= 15 is 0 Å². The summed E-state index contributed by atoms with van der Waals surface area (Å²) in [5, 5.41) is 3.41. The number of alkyl halides is 1. The van der Waals surface area contributed by atoms with Crippen LogP contribution in [0, 0.1) is 0 Å². The number of amides is 1. The van der Waals surface area contributed by atoms with Crippen molar-refractivity contribution >= 4 is 12.1 Å². The van der Waals surface area contributed by atoms with Crippen LogP contribution in [0.25, 0.3) is 0 Å². The third-order valence-corrected chi connectivity index (χ3v) is 1.25. The van der Waals surface area contributed by atoms with Gasteiger partial charge in [-0.2, -0.15) is 5.10 Å². The van der Waals surface area contributed by atoms with E-state index in [1.165, 1.54) is 6.92 Å². The van der Waals surface area contributed by atoms with Crippen LogP contribution >= 0.6 is 0 Å². The van der Waals surface area contributed by atoms with Crippen LogP contribution in [0.15, 0.2) is 5.10 Å². The van der Waals surface area contributed by atoms with Crippen LogP contribution in [0.5, 0.6) is 0 Å². The van der Waals surface area contributed by atoms with E-state index in [0.717, 1.165) is 6.21 Å². The number of halogens is 1. The molecule has 0 heterocycles. The minimum Gasteiger partial charge on any atom is -0.274 e. The highest BCUT2D eigenvalue weighted by molar-refractivity contribution is 5.77. The van der Waals surface area contributed by atoms with E-state index in [-0.39, 0.29) is 5.91 Å². The van der Waals surface area contributed by atoms with Crippen LogP contribution in [0.3, 0.4) is 0 Å². The monoisotopic (exact) mass is 144 g/mol. The third kappa shape index (κ3) is 2.13. The minimum atomic E-state index is -1.22. The molecule has 1 amide bonds. The fraction of sp³-hybridized carbons (Fsp3) is 0.667. The van der Waals surface area contributed by atoms with Crippen molar-refractivity contribution < 1.29 is 9.18 Å². The molecule has 0 spiro atoms. The Morgan fingerprint density at radius 1 is 1.80 bits per heavy atom. The largest absolute Gasteiger partial charge is 0.274 e. The van der Waals surface area contributed by atoms with Gasteiger partial charge in [-0.15, -0.1) is 0 Å². The Bertz CT molecular complexity index is 175. The number of hydrogen-bond acceptors (Lipinski definition) is 2. The Labute approximate surface area is 58.3 Å². The second-order valence-electron chi connectivity index (χ2n) is 2.46. The molecule has 4 heteroatoms. The Kier molecular flexibility index (Phi) is 1.70. The van der Waals surface area contributed by atoms with Gasteiger partial charge >= 0.3 is 0 Å². The number of nitrogens with one attached hydrogen (secondary N) is 1. The first-order valence-electron chi connectivity index (χ1n) is 3.12. The topological polar surface area (TPSA) is 41.5 Å². The predicted octanol–water partition coefficient (Wildman–Crippen LogP) is 0.610. The number of rotatable bonds is 2. The molecule has 0 atom stereocenters. The molecule has 0 bridgehead atoms. The van der Waals surface area contributed by atoms with Crippen molar-refractivity contribution in [3.63, 3.8) is 0 Å². The molecule has 1 saturated carbocycles. The summed E-state index contributed by atoms with van der Waals surface area (Å²) in [6.07, 6.45) is 2.20. The average molecular weight is 144 g/mol. The molecule has 0 aromatic rings. The summed E-state index contributed by atoms with van der Waals surface area (Å²) in [6.45, 7) is 1.33. The summed E-state index contributed by atoms with van der Waals surface area (Å²) < 4.78 is 12.6. The summed E-state index contributed by atoms with van der Waals surface area (Å²) in [4.78, 5) is 10.2. The van der Waals surface area contributed by atoms with E-state index in [4.69, 9.17) is 0 Å². The second-order valence-corrected chi connectivity index (χ2v) is 2.46. The fourth-order valence-corrected chi connectivity index (χ4v) is 0.487. The zero-order chi connectivity index (χ0) is 7.61. The van der Waals surface area contributed by atoms with Crippen LogP contribution in [0.4, 0.5) is 4.39 Å². The Morgan fingerprint density at radius 2 is 2.40 bits per heavy atom. The number of hydrazone groups is 1. The molecule has 1 aliphatic carbocycles. The van der Waals surface area contributed by atoms with Crippen LogP contribution in [-0.4, -0.2) is 17.8 Å². The molecule has 0 aromatic heterocycles. The van der Waals surface area contributed by atoms with E-state index in [1.54, 1.807) is 0 Å². The molecule has 1 fully saturated rings. The highest BCUT2D eigenvalue weighted by Crippen LogP contribution is 2.37. The van der Waals surface area contributed by atoms with E-state index < -0.39 is 5.67 Å². The van der Waals surface area contributed by atoms with Gasteiger partial charge < -0.3 is 0 Å². The molecule has 3 nitrogen and oxygen atoms in total. The smallest absolute Gasteiger partial charge is 0.236 e. The molecule has 56 valence electrons. The summed E-state index contributed by atoms with van der Waals surface area (Å²) >= 11 is 0. The maximum atomic E-state index is 12.6. The molecule has 0 radical (unpaired) electrons. The Balaban J connectivity index is 2.23. The molecular formula is C6H9FN2O. The molecule has 0 unspecified atom stereocenters. The molecule has 10 heavy (non-hydrogen) atoms. The van der Waals surface area contributed by atoms with Crippen molar-refractivity contribution in [1.29, 1.82) is 0 Å². The number of hydrogen-bond donors (Lipinski definition) is 1. The van der Waals surface area contributed by atoms with Crippen molar-refractivity contribution in [2.24, 2.45) is 5.10 Å². The maximum Gasteiger partial charge on any atom is 0.236 e. The van der Waals surface area contributed by atoms with E-state index in [0.29, 0.717) is 12.8 Å². The van der Waals surface area contributed by atoms with Gasteiger partial charge in [0, 0.05) is 6.92 Å². The van der Waals surface area contributed by atoms with Crippen LogP contribution in [0.1, 0.15) is 19.8 Å². The number of nitrogens with zero attached hydrogens (tertiary/aromatic N) is 1. The van der Waals surface area contributed by atoms with Gasteiger partial charge in [-0.3, -0.25) is 4.79 Å². The third-order valence-electron chi connectivity index (χ3n) is 1.25. The van der Waals surface area contributed by atoms with Gasteiger partial charge in [-0.1, -0.05) is 0 Å². The molecule has 1 N–H and O–H groups in total. The highest BCUT2D eigenvalue weighted by atomic mass is 19.1. The average Bonchev–Trinajstić information content (AvgIpc) is 2.47. The van der Waals surface area contributed by atoms with Crippen molar-refractivity contribution in [1.82, 2.24) is 5.43 Å². The van der Waals surface area contributed by atoms with E-state index in [9.17, 15) is 9.18 Å². The molecule has 1 rings (SSSR count). The summed E-state index contributed by atoms with van der Waals surface area (Å²) in [5.74, 6) is -0.277. The Hall–Kier alpha value is -0.930. The van der Waals surface area contributed by atoms with E-state index in [2.05, 4.69) is 10.5 Å². The zero-order valence-corrected chi connectivity index (χ0v) is 5.72. The molecule has 0 saturated heterocycles. The van der Waals surface area contributed by atoms with Gasteiger partial charge in [0.2, 0.25) is 5.91 Å². The van der Waals surface area contributed by atoms with Crippen molar-refractivity contribution in [3.8, 4) is 0 Å². The molecule has 0 aromatic carbocycles. The SMILES string of the molecule is CC(=O)N/N=C/C1(F)CC1. The standard InChI is InChI=1S/C6H9FN2O/c1-5(10)9-8-4-6(7)2-3-6/h4H,2-3H2,1H3,(H,9,10)/b8-4+. The highest BCUT2D eigenvalue weighted by Gasteiger charge is 2.41. The van der Waals surface area contributed by atoms with E-state index in [1.807, 2.05) is 0 Å². The van der Waals surface area contributed by atoms with Crippen molar-refractivity contribution in [2.45, 2.75) is 25.4 Å². The first-order chi connectivity index (χ1) is 4.62. The lowest BCUT2D eigenvalue weighted by molar-refractivity contribution is -0.118. The first kappa shape index (κ1) is 7.18. The quantitative estimate of drug-likeness (QED) is 0.447. The van der Waals surface area contributed by atoms with Gasteiger partial charge in [0.25, 0.3) is 0 Å². The fourth-order valence-electron chi connectivity index (χ4n) is 0.487. The van der Waals surface area contributed by atoms with Crippen molar-refractivity contribution in [2.75, 3.05) is 0 Å². The molecular weight excluding hydrogens is 135 g/mol. The number of carbonyl (C=O) groups is 1. The van der Waals surface area contributed by atoms with Gasteiger partial charge in [-0.05, 0) is 12.8 Å². The summed E-state index contributed by atoms with van der Waals surface area (Å²) in [6, 6.07) is 0. The van der Waals surface area contributed by atoms with Gasteiger partial charge in [0.1, 0.15) is 5.67 Å². The van der Waals surface area contributed by atoms with Gasteiger partial charge in [0.05, 0.1) is 6.21 Å². The molecule has 1 aliphatic rings. The lowest BCUT2D eigenvalue weighted by Gasteiger charge is -1.93. The lowest BCUT2D eigenvalue weighted by atomic mass is 10.4. The zero-order valence-electron chi connectivity index (χ0n) is 5.72. The first-order valence-corrected chi connectivity index (χ1v) is 3.12. The minimum absolute atomic E-state index is 0.277. The predicted molar refractivity (Wildman–Crippen MR) is 35.4 cm³/mol. The van der Waals surface area contributed by atoms with Crippen LogP contribution in [0.2, 0.25) is 0 Å². The molecule has 0 aliphatic heterocycles. The van der Waals surface area contributed by atoms with Crippen molar-refractivity contribution in [3.05, 3.63) is 0 Å².